The van der Waals surface area contributed by atoms with Crippen LogP contribution in [0.2, 0.25) is 0 Å². The summed E-state index contributed by atoms with van der Waals surface area (Å²) in [6.45, 7) is 1.64. The highest BCUT2D eigenvalue weighted by molar-refractivity contribution is 9.10. The lowest BCUT2D eigenvalue weighted by molar-refractivity contribution is -0.137. The summed E-state index contributed by atoms with van der Waals surface area (Å²) in [7, 11) is 0. The Bertz CT molecular complexity index is 978. The third kappa shape index (κ3) is 4.44. The Balaban J connectivity index is 1.74. The molecule has 0 aliphatic rings. The van der Waals surface area contributed by atoms with Gasteiger partial charge in [-0.2, -0.15) is 23.0 Å². The molecule has 0 unspecified atom stereocenters. The second kappa shape index (κ2) is 7.92. The Hall–Kier alpha value is -3.02. The van der Waals surface area contributed by atoms with Crippen LogP contribution in [-0.4, -0.2) is 30.8 Å². The molecule has 0 spiro atoms. The maximum absolute atomic E-state index is 12.9. The van der Waals surface area contributed by atoms with E-state index in [1.165, 1.54) is 29.5 Å². The second-order valence-corrected chi connectivity index (χ2v) is 6.45. The Morgan fingerprint density at radius 1 is 1.21 bits per heavy atom. The van der Waals surface area contributed by atoms with Gasteiger partial charge in [-0.05, 0) is 47.1 Å². The standard InChI is InChI=1S/C16H13BrF3N7O/c1-9(13-23-8-24-27(13)14-21-5-2-6-22-14)25-15(28)26-12-7-10(16(18,19)20)3-4-11(12)17/h2-9H,1H3,(H2,25,26,28)/t9-/m0/s1. The minimum absolute atomic E-state index is 0.0209. The summed E-state index contributed by atoms with van der Waals surface area (Å²) >= 11 is 3.12. The first-order valence-electron chi connectivity index (χ1n) is 7.87. The lowest BCUT2D eigenvalue weighted by atomic mass is 10.2. The molecule has 146 valence electrons. The van der Waals surface area contributed by atoms with Crippen molar-refractivity contribution in [1.29, 1.82) is 0 Å². The van der Waals surface area contributed by atoms with Crippen LogP contribution < -0.4 is 10.6 Å². The van der Waals surface area contributed by atoms with Gasteiger partial charge in [0, 0.05) is 16.9 Å². The zero-order valence-electron chi connectivity index (χ0n) is 14.3. The molecule has 28 heavy (non-hydrogen) atoms. The molecule has 8 nitrogen and oxygen atoms in total. The fourth-order valence-corrected chi connectivity index (χ4v) is 2.66. The molecular formula is C16H13BrF3N7O. The Morgan fingerprint density at radius 3 is 2.61 bits per heavy atom. The van der Waals surface area contributed by atoms with Gasteiger partial charge in [-0.25, -0.2) is 19.7 Å². The molecule has 0 bridgehead atoms. The van der Waals surface area contributed by atoms with Crippen molar-refractivity contribution >= 4 is 27.6 Å². The van der Waals surface area contributed by atoms with E-state index >= 15 is 0 Å². The number of halogens is 4. The van der Waals surface area contributed by atoms with Gasteiger partial charge in [-0.1, -0.05) is 0 Å². The van der Waals surface area contributed by atoms with E-state index in [0.29, 0.717) is 10.3 Å². The van der Waals surface area contributed by atoms with Crippen molar-refractivity contribution in [2.24, 2.45) is 0 Å². The second-order valence-electron chi connectivity index (χ2n) is 5.59. The molecular weight excluding hydrogens is 443 g/mol. The van der Waals surface area contributed by atoms with Gasteiger partial charge in [0.05, 0.1) is 17.3 Å². The van der Waals surface area contributed by atoms with Crippen LogP contribution in [0.1, 0.15) is 24.4 Å². The first-order chi connectivity index (χ1) is 13.3. The maximum atomic E-state index is 12.9. The molecule has 2 aromatic heterocycles. The predicted molar refractivity (Wildman–Crippen MR) is 96.7 cm³/mol. The molecule has 2 N–H and O–H groups in total. The molecule has 2 amide bonds. The summed E-state index contributed by atoms with van der Waals surface area (Å²) in [6, 6.07) is 3.27. The minimum atomic E-state index is -4.52. The molecule has 0 saturated heterocycles. The number of carbonyl (C=O) groups excluding carboxylic acids is 1. The number of hydrogen-bond acceptors (Lipinski definition) is 5. The van der Waals surface area contributed by atoms with Gasteiger partial charge in [0.2, 0.25) is 0 Å². The number of alkyl halides is 3. The van der Waals surface area contributed by atoms with Crippen LogP contribution in [0.5, 0.6) is 0 Å². The predicted octanol–water partition coefficient (Wildman–Crippen LogP) is 3.72. The van der Waals surface area contributed by atoms with Crippen LogP contribution in [0.15, 0.2) is 47.5 Å². The van der Waals surface area contributed by atoms with Crippen LogP contribution in [0.3, 0.4) is 0 Å². The van der Waals surface area contributed by atoms with E-state index in [4.69, 9.17) is 0 Å². The van der Waals surface area contributed by atoms with Crippen molar-refractivity contribution < 1.29 is 18.0 Å². The summed E-state index contributed by atoms with van der Waals surface area (Å²) in [5.74, 6) is 0.620. The van der Waals surface area contributed by atoms with Gasteiger partial charge < -0.3 is 10.6 Å². The average molecular weight is 456 g/mol. The molecule has 0 saturated carbocycles. The average Bonchev–Trinajstić information content (AvgIpc) is 3.13. The number of carbonyl (C=O) groups is 1. The molecule has 0 fully saturated rings. The van der Waals surface area contributed by atoms with Crippen LogP contribution in [-0.2, 0) is 6.18 Å². The highest BCUT2D eigenvalue weighted by Crippen LogP contribution is 2.34. The highest BCUT2D eigenvalue weighted by atomic mass is 79.9. The molecule has 1 aromatic carbocycles. The van der Waals surface area contributed by atoms with Crippen molar-refractivity contribution in [1.82, 2.24) is 30.0 Å². The number of urea groups is 1. The number of nitrogens with zero attached hydrogens (tertiary/aromatic N) is 5. The summed E-state index contributed by atoms with van der Waals surface area (Å²) in [5, 5.41) is 9.01. The first-order valence-corrected chi connectivity index (χ1v) is 8.66. The summed E-state index contributed by atoms with van der Waals surface area (Å²) in [6.07, 6.45) is -0.175. The topological polar surface area (TPSA) is 97.6 Å². The lowest BCUT2D eigenvalue weighted by Crippen LogP contribution is -2.33. The van der Waals surface area contributed by atoms with E-state index < -0.39 is 23.8 Å². The van der Waals surface area contributed by atoms with Crippen LogP contribution in [0.4, 0.5) is 23.7 Å². The van der Waals surface area contributed by atoms with Gasteiger partial charge in [0.15, 0.2) is 5.82 Å². The van der Waals surface area contributed by atoms with Crippen molar-refractivity contribution in [2.45, 2.75) is 19.1 Å². The summed E-state index contributed by atoms with van der Waals surface area (Å²) < 4.78 is 40.3. The van der Waals surface area contributed by atoms with E-state index in [1.54, 1.807) is 13.0 Å². The normalized spacial score (nSPS) is 12.5. The van der Waals surface area contributed by atoms with Gasteiger partial charge in [-0.3, -0.25) is 0 Å². The Labute approximate surface area is 165 Å². The van der Waals surface area contributed by atoms with Crippen molar-refractivity contribution in [3.8, 4) is 5.95 Å². The fraction of sp³-hybridized carbons (Fsp3) is 0.188. The quantitative estimate of drug-likeness (QED) is 0.624. The largest absolute Gasteiger partial charge is 0.416 e. The fourth-order valence-electron chi connectivity index (χ4n) is 2.32. The number of benzene rings is 1. The third-order valence-electron chi connectivity index (χ3n) is 3.59. The van der Waals surface area contributed by atoms with E-state index in [1.807, 2.05) is 0 Å². The van der Waals surface area contributed by atoms with Crippen LogP contribution in [0, 0.1) is 0 Å². The summed E-state index contributed by atoms with van der Waals surface area (Å²) in [5.41, 5.74) is -0.896. The van der Waals surface area contributed by atoms with E-state index in [-0.39, 0.29) is 11.6 Å². The van der Waals surface area contributed by atoms with Crippen LogP contribution in [0.25, 0.3) is 5.95 Å². The smallest absolute Gasteiger partial charge is 0.328 e. The number of amides is 2. The van der Waals surface area contributed by atoms with Gasteiger partial charge in [0.1, 0.15) is 6.33 Å². The molecule has 3 rings (SSSR count). The van der Waals surface area contributed by atoms with Crippen molar-refractivity contribution in [3.05, 3.63) is 58.8 Å². The summed E-state index contributed by atoms with van der Waals surface area (Å²) in [4.78, 5) is 24.5. The zero-order valence-corrected chi connectivity index (χ0v) is 15.9. The molecule has 3 aromatic rings. The monoisotopic (exact) mass is 455 g/mol. The highest BCUT2D eigenvalue weighted by Gasteiger charge is 2.31. The molecule has 0 radical (unpaired) electrons. The number of rotatable bonds is 4. The van der Waals surface area contributed by atoms with Gasteiger partial charge in [0.25, 0.3) is 5.95 Å². The molecule has 0 aliphatic carbocycles. The van der Waals surface area contributed by atoms with Crippen molar-refractivity contribution in [2.75, 3.05) is 5.32 Å². The van der Waals surface area contributed by atoms with Crippen LogP contribution >= 0.6 is 15.9 Å². The Morgan fingerprint density at radius 2 is 1.93 bits per heavy atom. The molecule has 0 aliphatic heterocycles. The van der Waals surface area contributed by atoms with Gasteiger partial charge in [-0.15, -0.1) is 0 Å². The molecule has 12 heteroatoms. The van der Waals surface area contributed by atoms with Crippen molar-refractivity contribution in [3.63, 3.8) is 0 Å². The third-order valence-corrected chi connectivity index (χ3v) is 4.28. The number of hydrogen-bond donors (Lipinski definition) is 2. The van der Waals surface area contributed by atoms with E-state index in [9.17, 15) is 18.0 Å². The SMILES string of the molecule is C[C@H](NC(=O)Nc1cc(C(F)(F)F)ccc1Br)c1ncnn1-c1ncccn1. The van der Waals surface area contributed by atoms with E-state index in [0.717, 1.165) is 12.1 Å². The molecule has 2 heterocycles. The Kier molecular flexibility index (Phi) is 5.58. The number of anilines is 1. The maximum Gasteiger partial charge on any atom is 0.416 e. The lowest BCUT2D eigenvalue weighted by Gasteiger charge is -2.16. The first kappa shape index (κ1) is 19.7. The number of aromatic nitrogens is 5. The van der Waals surface area contributed by atoms with E-state index in [2.05, 4.69) is 46.6 Å². The molecule has 1 atom stereocenters. The number of nitrogens with one attached hydrogen (secondary N) is 2. The van der Waals surface area contributed by atoms with Gasteiger partial charge >= 0.3 is 12.2 Å². The zero-order chi connectivity index (χ0) is 20.3. The minimum Gasteiger partial charge on any atom is -0.328 e.